The molecule has 0 radical (unpaired) electrons. The molecule has 7 heteroatoms. The highest BCUT2D eigenvalue weighted by Gasteiger charge is 2.22. The molecule has 1 heterocycles. The summed E-state index contributed by atoms with van der Waals surface area (Å²) in [6.45, 7) is 10.2. The summed E-state index contributed by atoms with van der Waals surface area (Å²) in [5.74, 6) is 1.41. The van der Waals surface area contributed by atoms with E-state index in [1.165, 1.54) is 5.57 Å². The summed E-state index contributed by atoms with van der Waals surface area (Å²) >= 11 is 0. The Labute approximate surface area is 228 Å². The Bertz CT molecular complexity index is 1110. The van der Waals surface area contributed by atoms with Gasteiger partial charge in [0.2, 0.25) is 5.91 Å². The molecule has 7 nitrogen and oxygen atoms in total. The lowest BCUT2D eigenvalue weighted by atomic mass is 9.99. The van der Waals surface area contributed by atoms with E-state index in [1.807, 2.05) is 43.3 Å². The lowest BCUT2D eigenvalue weighted by Crippen LogP contribution is -2.14. The fourth-order valence-corrected chi connectivity index (χ4v) is 3.96. The average molecular weight is 521 g/mol. The first-order valence-corrected chi connectivity index (χ1v) is 13.4. The standard InChI is InChI=1S/C31H44N4O3/c1-6-8-14-27(23(3)16-18-33-29(32)11-7-2)31-28(17-20-38-31)24(4)34-22-25-12-9-13-26(21-25)35-30(36)15-10-19-37-5/h8-9,11-14,16,18,21,34H,6-7,10,15,17,19-20,22,32H2,1-5H3,(H,35,36)/b14-8+,23-16+,28-24+,29-11+,31-27-,33-18+. The van der Waals surface area contributed by atoms with Crippen LogP contribution >= 0.6 is 0 Å². The highest BCUT2D eigenvalue weighted by atomic mass is 16.5. The summed E-state index contributed by atoms with van der Waals surface area (Å²) in [6, 6.07) is 7.92. The minimum absolute atomic E-state index is 0.00598. The van der Waals surface area contributed by atoms with Gasteiger partial charge in [0, 0.05) is 61.8 Å². The molecule has 0 atom stereocenters. The smallest absolute Gasteiger partial charge is 0.224 e. The number of nitrogens with zero attached hydrogens (tertiary/aromatic N) is 1. The number of nitrogens with two attached hydrogens (primary N) is 1. The Morgan fingerprint density at radius 2 is 2.05 bits per heavy atom. The number of hydrogen-bond donors (Lipinski definition) is 3. The van der Waals surface area contributed by atoms with Crippen molar-refractivity contribution in [1.29, 1.82) is 0 Å². The number of allylic oxidation sites excluding steroid dienone is 8. The maximum atomic E-state index is 12.2. The van der Waals surface area contributed by atoms with E-state index in [0.717, 1.165) is 53.1 Å². The van der Waals surface area contributed by atoms with Crippen molar-refractivity contribution in [2.75, 3.05) is 25.6 Å². The van der Waals surface area contributed by atoms with Crippen molar-refractivity contribution in [2.24, 2.45) is 10.7 Å². The molecule has 1 fully saturated rings. The van der Waals surface area contributed by atoms with E-state index in [2.05, 4.69) is 48.5 Å². The minimum atomic E-state index is -0.00598. The van der Waals surface area contributed by atoms with Gasteiger partial charge in [0.15, 0.2) is 0 Å². The van der Waals surface area contributed by atoms with Crippen molar-refractivity contribution >= 4 is 17.8 Å². The molecule has 206 valence electrons. The molecule has 0 aliphatic carbocycles. The van der Waals surface area contributed by atoms with Crippen molar-refractivity contribution in [1.82, 2.24) is 5.32 Å². The van der Waals surface area contributed by atoms with Gasteiger partial charge in [-0.1, -0.05) is 38.1 Å². The number of methoxy groups -OCH3 is 1. The summed E-state index contributed by atoms with van der Waals surface area (Å²) in [5.41, 5.74) is 12.1. The van der Waals surface area contributed by atoms with Gasteiger partial charge in [-0.05, 0) is 68.5 Å². The largest absolute Gasteiger partial charge is 0.492 e. The Kier molecular flexibility index (Phi) is 13.7. The molecule has 1 saturated heterocycles. The highest BCUT2D eigenvalue weighted by Crippen LogP contribution is 2.32. The molecule has 1 aliphatic rings. The third-order valence-electron chi connectivity index (χ3n) is 6.00. The van der Waals surface area contributed by atoms with Crippen LogP contribution < -0.4 is 16.4 Å². The van der Waals surface area contributed by atoms with Gasteiger partial charge < -0.3 is 25.8 Å². The van der Waals surface area contributed by atoms with Crippen molar-refractivity contribution in [2.45, 2.75) is 66.3 Å². The molecule has 0 bridgehead atoms. The normalized spacial score (nSPS) is 17.2. The molecule has 0 unspecified atom stereocenters. The first-order valence-electron chi connectivity index (χ1n) is 13.4. The van der Waals surface area contributed by atoms with Crippen molar-refractivity contribution < 1.29 is 14.3 Å². The van der Waals surface area contributed by atoms with Crippen LogP contribution in [-0.4, -0.2) is 32.4 Å². The van der Waals surface area contributed by atoms with Crippen molar-refractivity contribution in [3.05, 3.63) is 88.1 Å². The fourth-order valence-electron chi connectivity index (χ4n) is 3.96. The molecule has 0 aromatic heterocycles. The number of hydrogen-bond acceptors (Lipinski definition) is 6. The van der Waals surface area contributed by atoms with Crippen LogP contribution in [0.15, 0.2) is 87.6 Å². The monoisotopic (exact) mass is 520 g/mol. The number of rotatable bonds is 14. The number of nitrogens with one attached hydrogen (secondary N) is 2. The van der Waals surface area contributed by atoms with Gasteiger partial charge in [0.05, 0.1) is 6.61 Å². The first-order chi connectivity index (χ1) is 18.4. The van der Waals surface area contributed by atoms with E-state index < -0.39 is 0 Å². The summed E-state index contributed by atoms with van der Waals surface area (Å²) in [7, 11) is 1.64. The van der Waals surface area contributed by atoms with Crippen LogP contribution in [0.4, 0.5) is 5.69 Å². The summed E-state index contributed by atoms with van der Waals surface area (Å²) in [4.78, 5) is 16.5. The van der Waals surface area contributed by atoms with Gasteiger partial charge in [-0.25, -0.2) is 4.99 Å². The van der Waals surface area contributed by atoms with Crippen LogP contribution in [0.25, 0.3) is 0 Å². The fraction of sp³-hybridized carbons (Fsp3) is 0.419. The maximum Gasteiger partial charge on any atom is 0.224 e. The Morgan fingerprint density at radius 1 is 1.24 bits per heavy atom. The quantitative estimate of drug-likeness (QED) is 0.198. The Balaban J connectivity index is 2.20. The number of carbonyl (C=O) groups is 1. The topological polar surface area (TPSA) is 98.0 Å². The second kappa shape index (κ2) is 17.0. The molecule has 38 heavy (non-hydrogen) atoms. The van der Waals surface area contributed by atoms with Crippen LogP contribution in [-0.2, 0) is 20.8 Å². The van der Waals surface area contributed by atoms with Gasteiger partial charge in [-0.2, -0.15) is 0 Å². The van der Waals surface area contributed by atoms with Gasteiger partial charge >= 0.3 is 0 Å². The third kappa shape index (κ3) is 10.4. The van der Waals surface area contributed by atoms with Crippen LogP contribution in [0, 0.1) is 0 Å². The number of aliphatic imine (C=N–C) groups is 1. The number of amides is 1. The molecular weight excluding hydrogens is 476 g/mol. The van der Waals surface area contributed by atoms with Gasteiger partial charge in [0.25, 0.3) is 0 Å². The zero-order valence-corrected chi connectivity index (χ0v) is 23.6. The Morgan fingerprint density at radius 3 is 2.79 bits per heavy atom. The minimum Gasteiger partial charge on any atom is -0.492 e. The van der Waals surface area contributed by atoms with Crippen molar-refractivity contribution in [3.63, 3.8) is 0 Å². The van der Waals surface area contributed by atoms with Crippen LogP contribution in [0.5, 0.6) is 0 Å². The number of anilines is 1. The summed E-state index contributed by atoms with van der Waals surface area (Å²) in [6.07, 6.45) is 13.6. The van der Waals surface area contributed by atoms with E-state index in [4.69, 9.17) is 15.2 Å². The third-order valence-corrected chi connectivity index (χ3v) is 6.00. The average Bonchev–Trinajstić information content (AvgIpc) is 3.38. The van der Waals surface area contributed by atoms with E-state index >= 15 is 0 Å². The van der Waals surface area contributed by atoms with E-state index in [0.29, 0.717) is 38.4 Å². The second-order valence-corrected chi connectivity index (χ2v) is 9.12. The van der Waals surface area contributed by atoms with Crippen LogP contribution in [0.2, 0.25) is 0 Å². The zero-order valence-electron chi connectivity index (χ0n) is 23.6. The van der Waals surface area contributed by atoms with Crippen LogP contribution in [0.3, 0.4) is 0 Å². The van der Waals surface area contributed by atoms with E-state index in [-0.39, 0.29) is 5.91 Å². The lowest BCUT2D eigenvalue weighted by molar-refractivity contribution is -0.116. The maximum absolute atomic E-state index is 12.2. The number of benzene rings is 1. The molecule has 1 aromatic carbocycles. The van der Waals surface area contributed by atoms with E-state index in [1.54, 1.807) is 13.3 Å². The predicted octanol–water partition coefficient (Wildman–Crippen LogP) is 6.28. The molecule has 1 amide bonds. The van der Waals surface area contributed by atoms with Gasteiger partial charge in [0.1, 0.15) is 11.6 Å². The van der Waals surface area contributed by atoms with Gasteiger partial charge in [-0.15, -0.1) is 0 Å². The summed E-state index contributed by atoms with van der Waals surface area (Å²) < 4.78 is 11.2. The Hall–Kier alpha value is -3.58. The lowest BCUT2D eigenvalue weighted by Gasteiger charge is -2.14. The number of ether oxygens (including phenoxy) is 2. The van der Waals surface area contributed by atoms with E-state index in [9.17, 15) is 4.79 Å². The SMILES string of the molecule is CC/C=C/C(=C1/OCC/C1=C(/C)NCc1cccc(NC(=O)CCCOC)c1)C(/C)=C/C=N/C(N)=C/CC. The molecular formula is C31H44N4O3. The first kappa shape index (κ1) is 30.6. The summed E-state index contributed by atoms with van der Waals surface area (Å²) in [5, 5.41) is 6.53. The molecule has 0 saturated carbocycles. The predicted molar refractivity (Wildman–Crippen MR) is 158 cm³/mol. The van der Waals surface area contributed by atoms with Gasteiger partial charge in [-0.3, -0.25) is 4.79 Å². The molecule has 1 aliphatic heterocycles. The molecule has 2 rings (SSSR count). The second-order valence-electron chi connectivity index (χ2n) is 9.12. The molecule has 1 aromatic rings. The molecule has 0 spiro atoms. The van der Waals surface area contributed by atoms with Crippen molar-refractivity contribution in [3.8, 4) is 0 Å². The number of carbonyl (C=O) groups excluding carboxylic acids is 1. The highest BCUT2D eigenvalue weighted by molar-refractivity contribution is 5.90. The zero-order chi connectivity index (χ0) is 27.8. The molecule has 4 N–H and O–H groups in total. The van der Waals surface area contributed by atoms with Crippen LogP contribution in [0.1, 0.15) is 65.4 Å².